The largest absolute Gasteiger partial charge is 0.466 e. The molecule has 0 atom stereocenters. The molecule has 0 amide bonds. The van der Waals surface area contributed by atoms with Crippen molar-refractivity contribution in [2.75, 3.05) is 13.2 Å². The van der Waals surface area contributed by atoms with Gasteiger partial charge in [-0.2, -0.15) is 0 Å². The van der Waals surface area contributed by atoms with E-state index >= 15 is 0 Å². The van der Waals surface area contributed by atoms with Crippen molar-refractivity contribution in [1.29, 1.82) is 0 Å². The molecule has 0 unspecified atom stereocenters. The summed E-state index contributed by atoms with van der Waals surface area (Å²) in [5, 5.41) is 3.19. The normalized spacial score (nSPS) is 9.31. The average Bonchev–Trinajstić information content (AvgIpc) is 2.26. The van der Waals surface area contributed by atoms with Gasteiger partial charge in [-0.1, -0.05) is 30.3 Å². The number of rotatable bonds is 6. The summed E-state index contributed by atoms with van der Waals surface area (Å²) in [5.74, 6) is -0.141. The molecule has 90 valence electrons. The summed E-state index contributed by atoms with van der Waals surface area (Å²) in [5.41, 5.74) is 1.22. The quantitative estimate of drug-likeness (QED) is 0.615. The van der Waals surface area contributed by atoms with Crippen molar-refractivity contribution in [2.45, 2.75) is 19.9 Å². The topological polar surface area (TPSA) is 38.3 Å². The SMILES string of the molecule is CCOC(=O)CCNCc1ccccc1.Cl. The van der Waals surface area contributed by atoms with E-state index in [-0.39, 0.29) is 18.4 Å². The van der Waals surface area contributed by atoms with Crippen molar-refractivity contribution in [3.8, 4) is 0 Å². The Morgan fingerprint density at radius 3 is 2.62 bits per heavy atom. The van der Waals surface area contributed by atoms with Gasteiger partial charge in [0.15, 0.2) is 0 Å². The highest BCUT2D eigenvalue weighted by atomic mass is 35.5. The average molecular weight is 244 g/mol. The molecule has 0 aromatic heterocycles. The molecule has 0 spiro atoms. The molecule has 0 bridgehead atoms. The number of carbonyl (C=O) groups is 1. The van der Waals surface area contributed by atoms with Crippen molar-refractivity contribution in [1.82, 2.24) is 5.32 Å². The van der Waals surface area contributed by atoms with E-state index in [4.69, 9.17) is 4.74 Å². The summed E-state index contributed by atoms with van der Waals surface area (Å²) < 4.78 is 4.82. The van der Waals surface area contributed by atoms with Crippen LogP contribution in [0.25, 0.3) is 0 Å². The van der Waals surface area contributed by atoms with E-state index in [9.17, 15) is 4.79 Å². The van der Waals surface area contributed by atoms with Gasteiger partial charge in [0.1, 0.15) is 0 Å². The maximum Gasteiger partial charge on any atom is 0.307 e. The molecule has 0 radical (unpaired) electrons. The summed E-state index contributed by atoms with van der Waals surface area (Å²) in [7, 11) is 0. The summed E-state index contributed by atoms with van der Waals surface area (Å²) in [6.07, 6.45) is 0.431. The Morgan fingerprint density at radius 1 is 1.31 bits per heavy atom. The molecule has 0 heterocycles. The van der Waals surface area contributed by atoms with Crippen LogP contribution < -0.4 is 5.32 Å². The molecular formula is C12H18ClNO2. The van der Waals surface area contributed by atoms with Gasteiger partial charge in [0.2, 0.25) is 0 Å². The molecule has 0 saturated heterocycles. The zero-order chi connectivity index (χ0) is 10.9. The smallest absolute Gasteiger partial charge is 0.307 e. The minimum Gasteiger partial charge on any atom is -0.466 e. The van der Waals surface area contributed by atoms with E-state index < -0.39 is 0 Å². The maximum atomic E-state index is 11.0. The lowest BCUT2D eigenvalue weighted by Crippen LogP contribution is -2.18. The van der Waals surface area contributed by atoms with Crippen LogP contribution in [0.4, 0.5) is 0 Å². The first-order valence-electron chi connectivity index (χ1n) is 5.23. The van der Waals surface area contributed by atoms with Crippen LogP contribution in [0.2, 0.25) is 0 Å². The lowest BCUT2D eigenvalue weighted by molar-refractivity contribution is -0.142. The second kappa shape index (κ2) is 9.19. The van der Waals surface area contributed by atoms with E-state index in [2.05, 4.69) is 17.4 Å². The molecule has 0 aliphatic carbocycles. The molecule has 3 nitrogen and oxygen atoms in total. The van der Waals surface area contributed by atoms with E-state index in [1.54, 1.807) is 0 Å². The van der Waals surface area contributed by atoms with E-state index in [1.165, 1.54) is 5.56 Å². The Morgan fingerprint density at radius 2 is 2.00 bits per heavy atom. The van der Waals surface area contributed by atoms with E-state index in [1.807, 2.05) is 25.1 Å². The zero-order valence-electron chi connectivity index (χ0n) is 9.44. The molecule has 0 aliphatic heterocycles. The Labute approximate surface area is 103 Å². The van der Waals surface area contributed by atoms with Gasteiger partial charge in [-0.15, -0.1) is 12.4 Å². The number of benzene rings is 1. The van der Waals surface area contributed by atoms with Crippen LogP contribution in [0, 0.1) is 0 Å². The lowest BCUT2D eigenvalue weighted by atomic mass is 10.2. The second-order valence-corrected chi connectivity index (χ2v) is 3.22. The number of carbonyl (C=O) groups excluding carboxylic acids is 1. The van der Waals surface area contributed by atoms with Crippen molar-refractivity contribution >= 4 is 18.4 Å². The Balaban J connectivity index is 0.00000225. The van der Waals surface area contributed by atoms with Crippen LogP contribution in [0.1, 0.15) is 18.9 Å². The minimum atomic E-state index is -0.141. The number of halogens is 1. The monoisotopic (exact) mass is 243 g/mol. The van der Waals surface area contributed by atoms with Crippen molar-refractivity contribution in [2.24, 2.45) is 0 Å². The number of hydrogen-bond acceptors (Lipinski definition) is 3. The van der Waals surface area contributed by atoms with Gasteiger partial charge in [0.05, 0.1) is 13.0 Å². The highest BCUT2D eigenvalue weighted by Crippen LogP contribution is 1.97. The van der Waals surface area contributed by atoms with Gasteiger partial charge in [-0.3, -0.25) is 4.79 Å². The number of hydrogen-bond donors (Lipinski definition) is 1. The van der Waals surface area contributed by atoms with Crippen LogP contribution in [0.5, 0.6) is 0 Å². The van der Waals surface area contributed by atoms with Gasteiger partial charge in [0, 0.05) is 13.1 Å². The zero-order valence-corrected chi connectivity index (χ0v) is 10.3. The molecule has 16 heavy (non-hydrogen) atoms. The molecule has 4 heteroatoms. The number of nitrogens with one attached hydrogen (secondary N) is 1. The summed E-state index contributed by atoms with van der Waals surface area (Å²) in [6, 6.07) is 10.1. The van der Waals surface area contributed by atoms with E-state index in [0.717, 1.165) is 6.54 Å². The van der Waals surface area contributed by atoms with Crippen LogP contribution in [0.15, 0.2) is 30.3 Å². The molecule has 1 aromatic rings. The van der Waals surface area contributed by atoms with Crippen LogP contribution in [-0.4, -0.2) is 19.1 Å². The van der Waals surface area contributed by atoms with Gasteiger partial charge < -0.3 is 10.1 Å². The Kier molecular flexibility index (Phi) is 8.58. The van der Waals surface area contributed by atoms with Crippen LogP contribution >= 0.6 is 12.4 Å². The predicted octanol–water partition coefficient (Wildman–Crippen LogP) is 2.15. The first-order chi connectivity index (χ1) is 7.33. The van der Waals surface area contributed by atoms with Gasteiger partial charge in [-0.25, -0.2) is 0 Å². The molecular weight excluding hydrogens is 226 g/mol. The third-order valence-electron chi connectivity index (χ3n) is 1.98. The first kappa shape index (κ1) is 14.9. The fourth-order valence-electron chi connectivity index (χ4n) is 1.25. The Hall–Kier alpha value is -1.06. The van der Waals surface area contributed by atoms with E-state index in [0.29, 0.717) is 19.6 Å². The molecule has 0 aliphatic rings. The third-order valence-corrected chi connectivity index (χ3v) is 1.98. The maximum absolute atomic E-state index is 11.0. The molecule has 0 saturated carbocycles. The highest BCUT2D eigenvalue weighted by Gasteiger charge is 1.99. The van der Waals surface area contributed by atoms with Gasteiger partial charge in [-0.05, 0) is 12.5 Å². The van der Waals surface area contributed by atoms with Crippen molar-refractivity contribution in [3.05, 3.63) is 35.9 Å². The molecule has 1 rings (SSSR count). The van der Waals surface area contributed by atoms with Gasteiger partial charge >= 0.3 is 5.97 Å². The highest BCUT2D eigenvalue weighted by molar-refractivity contribution is 5.85. The lowest BCUT2D eigenvalue weighted by Gasteiger charge is -2.04. The summed E-state index contributed by atoms with van der Waals surface area (Å²) in [6.45, 7) is 3.72. The third kappa shape index (κ3) is 6.43. The molecule has 0 fully saturated rings. The number of ether oxygens (including phenoxy) is 1. The second-order valence-electron chi connectivity index (χ2n) is 3.22. The number of esters is 1. The van der Waals surface area contributed by atoms with Crippen molar-refractivity contribution < 1.29 is 9.53 Å². The summed E-state index contributed by atoms with van der Waals surface area (Å²) >= 11 is 0. The minimum absolute atomic E-state index is 0. The summed E-state index contributed by atoms with van der Waals surface area (Å²) in [4.78, 5) is 11.0. The molecule has 1 N–H and O–H groups in total. The molecule has 1 aromatic carbocycles. The predicted molar refractivity (Wildman–Crippen MR) is 66.6 cm³/mol. The standard InChI is InChI=1S/C12H17NO2.ClH/c1-2-15-12(14)8-9-13-10-11-6-4-3-5-7-11;/h3-7,13H,2,8-10H2,1H3;1H. The van der Waals surface area contributed by atoms with Crippen LogP contribution in [-0.2, 0) is 16.1 Å². The van der Waals surface area contributed by atoms with Gasteiger partial charge in [0.25, 0.3) is 0 Å². The first-order valence-corrected chi connectivity index (χ1v) is 5.23. The Bertz CT molecular complexity index is 290. The van der Waals surface area contributed by atoms with Crippen molar-refractivity contribution in [3.63, 3.8) is 0 Å². The fraction of sp³-hybridized carbons (Fsp3) is 0.417. The fourth-order valence-corrected chi connectivity index (χ4v) is 1.25. The van der Waals surface area contributed by atoms with Crippen LogP contribution in [0.3, 0.4) is 0 Å².